The van der Waals surface area contributed by atoms with Crippen LogP contribution in [0.2, 0.25) is 0 Å². The number of halogens is 2. The third-order valence-electron chi connectivity index (χ3n) is 8.62. The summed E-state index contributed by atoms with van der Waals surface area (Å²) in [6.07, 6.45) is 2.85. The topological polar surface area (TPSA) is 9.23 Å². The van der Waals surface area contributed by atoms with Gasteiger partial charge in [-0.05, 0) is 102 Å². The predicted molar refractivity (Wildman–Crippen MR) is 128 cm³/mol. The molecule has 4 aliphatic carbocycles. The lowest BCUT2D eigenvalue weighted by molar-refractivity contribution is 0.0545. The highest BCUT2D eigenvalue weighted by atomic mass is 79.9. The number of benzene rings is 3. The van der Waals surface area contributed by atoms with Crippen molar-refractivity contribution in [3.8, 4) is 0 Å². The summed E-state index contributed by atoms with van der Waals surface area (Å²) < 4.78 is 8.95. The molecule has 6 aliphatic rings. The summed E-state index contributed by atoms with van der Waals surface area (Å²) in [5, 5.41) is 0. The highest BCUT2D eigenvalue weighted by Gasteiger charge is 2.57. The molecule has 0 spiro atoms. The number of hydrogen-bond donors (Lipinski definition) is 0. The van der Waals surface area contributed by atoms with Crippen molar-refractivity contribution in [1.29, 1.82) is 0 Å². The summed E-state index contributed by atoms with van der Waals surface area (Å²) in [6.45, 7) is 0. The van der Waals surface area contributed by atoms with E-state index in [9.17, 15) is 0 Å². The number of allylic oxidation sites excluding steroid dienone is 2. The van der Waals surface area contributed by atoms with Gasteiger partial charge in [0.15, 0.2) is 0 Å². The average Bonchev–Trinajstić information content (AvgIpc) is 3.34. The molecule has 0 aromatic heterocycles. The Morgan fingerprint density at radius 2 is 0.968 bits per heavy atom. The van der Waals surface area contributed by atoms with Crippen molar-refractivity contribution in [2.24, 2.45) is 11.8 Å². The third-order valence-corrected chi connectivity index (χ3v) is 10.5. The molecule has 3 heteroatoms. The molecule has 3 aromatic rings. The first-order valence-electron chi connectivity index (χ1n) is 11.2. The molecule has 0 radical (unpaired) electrons. The Bertz CT molecular complexity index is 1190. The minimum absolute atomic E-state index is 0.245. The zero-order chi connectivity index (χ0) is 20.4. The first kappa shape index (κ1) is 17.8. The van der Waals surface area contributed by atoms with Gasteiger partial charge >= 0.3 is 0 Å². The maximum atomic E-state index is 6.68. The van der Waals surface area contributed by atoms with Gasteiger partial charge in [0.1, 0.15) is 0 Å². The third kappa shape index (κ3) is 2.11. The van der Waals surface area contributed by atoms with E-state index < -0.39 is 0 Å². The molecule has 4 bridgehead atoms. The van der Waals surface area contributed by atoms with Gasteiger partial charge in [-0.1, -0.05) is 59.7 Å². The summed E-state index contributed by atoms with van der Waals surface area (Å²) in [7, 11) is 0. The van der Waals surface area contributed by atoms with Gasteiger partial charge in [0.25, 0.3) is 0 Å². The van der Waals surface area contributed by atoms with Crippen molar-refractivity contribution in [1.82, 2.24) is 0 Å². The first-order valence-corrected chi connectivity index (χ1v) is 12.8. The van der Waals surface area contributed by atoms with Gasteiger partial charge in [-0.15, -0.1) is 0 Å². The van der Waals surface area contributed by atoms with Crippen LogP contribution in [0.1, 0.15) is 70.3 Å². The van der Waals surface area contributed by atoms with Gasteiger partial charge in [0, 0.05) is 20.8 Å². The minimum atomic E-state index is 0.245. The number of hydrogen-bond acceptors (Lipinski definition) is 1. The highest BCUT2D eigenvalue weighted by Crippen LogP contribution is 2.68. The molecule has 4 atom stereocenters. The van der Waals surface area contributed by atoms with Gasteiger partial charge in [0.05, 0.1) is 12.2 Å². The molecule has 0 amide bonds. The molecule has 2 aliphatic heterocycles. The van der Waals surface area contributed by atoms with Crippen molar-refractivity contribution >= 4 is 31.9 Å². The average molecular weight is 532 g/mol. The van der Waals surface area contributed by atoms with Crippen LogP contribution in [0.25, 0.3) is 0 Å². The fraction of sp³-hybridized carbons (Fsp3) is 0.286. The van der Waals surface area contributed by atoms with E-state index >= 15 is 0 Å². The Morgan fingerprint density at radius 1 is 0.581 bits per heavy atom. The second kappa shape index (κ2) is 6.01. The summed E-state index contributed by atoms with van der Waals surface area (Å²) in [5.74, 6) is 2.07. The Balaban J connectivity index is 1.29. The van der Waals surface area contributed by atoms with E-state index in [1.807, 2.05) is 0 Å². The van der Waals surface area contributed by atoms with Gasteiger partial charge in [0.2, 0.25) is 0 Å². The molecular formula is C28H20Br2O. The Kier molecular flexibility index (Phi) is 3.45. The van der Waals surface area contributed by atoms with Crippen LogP contribution in [0.4, 0.5) is 0 Å². The van der Waals surface area contributed by atoms with Crippen LogP contribution in [0.5, 0.6) is 0 Å². The quantitative estimate of drug-likeness (QED) is 0.267. The van der Waals surface area contributed by atoms with Crippen LogP contribution in [-0.4, -0.2) is 0 Å². The molecule has 1 nitrogen and oxygen atoms in total. The lowest BCUT2D eigenvalue weighted by atomic mass is 9.54. The lowest BCUT2D eigenvalue weighted by Gasteiger charge is -2.49. The maximum absolute atomic E-state index is 6.68. The van der Waals surface area contributed by atoms with E-state index in [1.165, 1.54) is 24.0 Å². The monoisotopic (exact) mass is 530 g/mol. The molecule has 31 heavy (non-hydrogen) atoms. The van der Waals surface area contributed by atoms with Gasteiger partial charge in [-0.2, -0.15) is 0 Å². The Labute approximate surface area is 198 Å². The zero-order valence-electron chi connectivity index (χ0n) is 16.8. The molecule has 1 saturated heterocycles. The molecule has 0 unspecified atom stereocenters. The first-order chi connectivity index (χ1) is 15.2. The summed E-state index contributed by atoms with van der Waals surface area (Å²) in [6, 6.07) is 23.0. The van der Waals surface area contributed by atoms with Crippen molar-refractivity contribution in [2.75, 3.05) is 0 Å². The zero-order valence-corrected chi connectivity index (χ0v) is 20.0. The van der Waals surface area contributed by atoms with Crippen molar-refractivity contribution in [3.63, 3.8) is 0 Å². The van der Waals surface area contributed by atoms with E-state index in [0.717, 1.165) is 8.95 Å². The van der Waals surface area contributed by atoms with E-state index in [0.29, 0.717) is 23.7 Å². The maximum Gasteiger partial charge on any atom is 0.0872 e. The lowest BCUT2D eigenvalue weighted by Crippen LogP contribution is -2.36. The molecule has 2 heterocycles. The van der Waals surface area contributed by atoms with Crippen LogP contribution in [-0.2, 0) is 4.74 Å². The largest absolute Gasteiger partial charge is 0.365 e. The number of rotatable bonds is 0. The molecular weight excluding hydrogens is 512 g/mol. The van der Waals surface area contributed by atoms with Crippen LogP contribution in [0.15, 0.2) is 80.8 Å². The highest BCUT2D eigenvalue weighted by molar-refractivity contribution is 9.13. The summed E-state index contributed by atoms with van der Waals surface area (Å²) in [4.78, 5) is 0. The predicted octanol–water partition coefficient (Wildman–Crippen LogP) is 7.95. The Morgan fingerprint density at radius 3 is 1.35 bits per heavy atom. The summed E-state index contributed by atoms with van der Waals surface area (Å²) >= 11 is 7.43. The molecule has 1 fully saturated rings. The number of fused-ring (bicyclic) bond motifs is 8. The number of ether oxygens (including phenoxy) is 1. The van der Waals surface area contributed by atoms with E-state index in [1.54, 1.807) is 33.4 Å². The normalized spacial score (nSPS) is 33.0. The van der Waals surface area contributed by atoms with Crippen molar-refractivity contribution < 1.29 is 4.74 Å². The molecule has 3 aromatic carbocycles. The molecule has 9 rings (SSSR count). The standard InChI is InChI=1S/C28H20Br2O/c29-23-11-21-22(12-24(23)30)28-20-10-18-17(9-19(20)27(21)31-28)25-13-5-1-2-6-14(13)26(18)16-8-4-3-7-15(16)25/h1-8,11-12,19-20,25-28H,9-10H2/t19-,20-,25?,26?,27+,28+/m1/s1. The van der Waals surface area contributed by atoms with E-state index in [-0.39, 0.29) is 12.2 Å². The second-order valence-corrected chi connectivity index (χ2v) is 11.5. The fourth-order valence-corrected chi connectivity index (χ4v) is 8.26. The van der Waals surface area contributed by atoms with Gasteiger partial charge in [-0.3, -0.25) is 0 Å². The van der Waals surface area contributed by atoms with Crippen LogP contribution in [0.3, 0.4) is 0 Å². The smallest absolute Gasteiger partial charge is 0.0872 e. The van der Waals surface area contributed by atoms with Gasteiger partial charge in [-0.25, -0.2) is 0 Å². The molecule has 0 N–H and O–H groups in total. The minimum Gasteiger partial charge on any atom is -0.365 e. The second-order valence-electron chi connectivity index (χ2n) is 9.78. The van der Waals surface area contributed by atoms with Crippen molar-refractivity contribution in [3.05, 3.63) is 114 Å². The van der Waals surface area contributed by atoms with Crippen LogP contribution in [0, 0.1) is 11.8 Å². The van der Waals surface area contributed by atoms with Gasteiger partial charge < -0.3 is 4.74 Å². The summed E-state index contributed by atoms with van der Waals surface area (Å²) in [5.41, 5.74) is 12.4. The fourth-order valence-electron chi connectivity index (χ4n) is 7.54. The van der Waals surface area contributed by atoms with Crippen molar-refractivity contribution in [2.45, 2.75) is 36.9 Å². The molecule has 0 saturated carbocycles. The Hall–Kier alpha value is -1.68. The molecule has 152 valence electrons. The SMILES string of the molecule is Brc1cc2c(cc1Br)[C@H]1O[C@H]2[C@@H]2CC3=C(C[C@H]21)C1c2ccccc2C3c2ccccc21. The van der Waals surface area contributed by atoms with E-state index in [4.69, 9.17) is 4.74 Å². The van der Waals surface area contributed by atoms with Crippen LogP contribution < -0.4 is 0 Å². The van der Waals surface area contributed by atoms with E-state index in [2.05, 4.69) is 92.5 Å². The van der Waals surface area contributed by atoms with Crippen LogP contribution >= 0.6 is 31.9 Å².